The van der Waals surface area contributed by atoms with E-state index in [1.165, 1.54) is 10.4 Å². The van der Waals surface area contributed by atoms with Gasteiger partial charge in [0.25, 0.3) is 0 Å². The van der Waals surface area contributed by atoms with Gasteiger partial charge in [0.05, 0.1) is 12.8 Å². The zero-order valence-corrected chi connectivity index (χ0v) is 13.7. The summed E-state index contributed by atoms with van der Waals surface area (Å²) >= 11 is 1.71. The SMILES string of the molecule is Cl.c1coc(CNCc2ccc(OCc3cccs3)cc2)c1. The maximum Gasteiger partial charge on any atom is 0.122 e. The van der Waals surface area contributed by atoms with E-state index in [1.807, 2.05) is 30.3 Å². The normalized spacial score (nSPS) is 10.2. The van der Waals surface area contributed by atoms with E-state index in [1.54, 1.807) is 17.6 Å². The molecule has 0 aliphatic carbocycles. The third-order valence-electron chi connectivity index (χ3n) is 3.09. The molecular weight excluding hydrogens is 318 g/mol. The van der Waals surface area contributed by atoms with Gasteiger partial charge in [0, 0.05) is 11.4 Å². The van der Waals surface area contributed by atoms with Gasteiger partial charge in [-0.2, -0.15) is 0 Å². The van der Waals surface area contributed by atoms with E-state index in [4.69, 9.17) is 9.15 Å². The van der Waals surface area contributed by atoms with Gasteiger partial charge in [-0.3, -0.25) is 0 Å². The molecule has 3 nitrogen and oxygen atoms in total. The smallest absolute Gasteiger partial charge is 0.122 e. The number of furan rings is 1. The van der Waals surface area contributed by atoms with Crippen LogP contribution in [0.15, 0.2) is 64.6 Å². The molecule has 0 aliphatic heterocycles. The van der Waals surface area contributed by atoms with Crippen molar-refractivity contribution in [2.45, 2.75) is 19.7 Å². The van der Waals surface area contributed by atoms with Crippen LogP contribution in [0.25, 0.3) is 0 Å². The predicted octanol–water partition coefficient (Wildman–Crippen LogP) is 4.63. The average molecular weight is 336 g/mol. The number of halogens is 1. The molecule has 0 saturated carbocycles. The van der Waals surface area contributed by atoms with Crippen molar-refractivity contribution in [1.29, 1.82) is 0 Å². The summed E-state index contributed by atoms with van der Waals surface area (Å²) in [5.74, 6) is 1.85. The molecule has 0 atom stereocenters. The maximum absolute atomic E-state index is 5.74. The zero-order valence-electron chi connectivity index (χ0n) is 12.0. The molecule has 0 unspecified atom stereocenters. The molecule has 5 heteroatoms. The zero-order chi connectivity index (χ0) is 14.3. The minimum atomic E-state index is 0. The van der Waals surface area contributed by atoms with Crippen LogP contribution in [-0.2, 0) is 19.7 Å². The quantitative estimate of drug-likeness (QED) is 0.683. The van der Waals surface area contributed by atoms with Crippen LogP contribution in [0.1, 0.15) is 16.2 Å². The number of benzene rings is 1. The topological polar surface area (TPSA) is 34.4 Å². The fourth-order valence-corrected chi connectivity index (χ4v) is 2.61. The summed E-state index contributed by atoms with van der Waals surface area (Å²) in [6.07, 6.45) is 1.69. The lowest BCUT2D eigenvalue weighted by Crippen LogP contribution is -2.11. The van der Waals surface area contributed by atoms with Crippen molar-refractivity contribution in [3.05, 3.63) is 76.4 Å². The van der Waals surface area contributed by atoms with Crippen LogP contribution in [0, 0.1) is 0 Å². The number of hydrogen-bond acceptors (Lipinski definition) is 4. The molecule has 0 fully saturated rings. The number of ether oxygens (including phenoxy) is 1. The first-order valence-electron chi connectivity index (χ1n) is 6.87. The molecule has 0 amide bonds. The van der Waals surface area contributed by atoms with Gasteiger partial charge >= 0.3 is 0 Å². The molecule has 0 radical (unpaired) electrons. The molecular formula is C17H18ClNO2S. The minimum absolute atomic E-state index is 0. The van der Waals surface area contributed by atoms with Crippen LogP contribution in [-0.4, -0.2) is 0 Å². The van der Waals surface area contributed by atoms with E-state index in [2.05, 4.69) is 28.9 Å². The van der Waals surface area contributed by atoms with Crippen molar-refractivity contribution in [3.8, 4) is 5.75 Å². The van der Waals surface area contributed by atoms with Gasteiger partial charge in [0.15, 0.2) is 0 Å². The molecule has 0 aliphatic rings. The monoisotopic (exact) mass is 335 g/mol. The van der Waals surface area contributed by atoms with Crippen LogP contribution in [0.4, 0.5) is 0 Å². The highest BCUT2D eigenvalue weighted by Crippen LogP contribution is 2.16. The first-order chi connectivity index (χ1) is 10.4. The summed E-state index contributed by atoms with van der Waals surface area (Å²) in [7, 11) is 0. The van der Waals surface area contributed by atoms with Crippen molar-refractivity contribution in [3.63, 3.8) is 0 Å². The summed E-state index contributed by atoms with van der Waals surface area (Å²) in [4.78, 5) is 1.24. The van der Waals surface area contributed by atoms with E-state index in [0.717, 1.165) is 24.6 Å². The van der Waals surface area contributed by atoms with Gasteiger partial charge in [-0.05, 0) is 41.3 Å². The van der Waals surface area contributed by atoms with E-state index in [9.17, 15) is 0 Å². The second-order valence-electron chi connectivity index (χ2n) is 4.69. The van der Waals surface area contributed by atoms with Crippen LogP contribution in [0.2, 0.25) is 0 Å². The number of rotatable bonds is 7. The fourth-order valence-electron chi connectivity index (χ4n) is 2.00. The fraction of sp³-hybridized carbons (Fsp3) is 0.176. The van der Waals surface area contributed by atoms with Gasteiger partial charge in [-0.25, -0.2) is 0 Å². The van der Waals surface area contributed by atoms with E-state index in [0.29, 0.717) is 6.61 Å². The average Bonchev–Trinajstić information content (AvgIpc) is 3.20. The molecule has 0 saturated heterocycles. The van der Waals surface area contributed by atoms with Gasteiger partial charge in [0.1, 0.15) is 18.1 Å². The Balaban J connectivity index is 0.00000176. The lowest BCUT2D eigenvalue weighted by molar-refractivity contribution is 0.309. The highest BCUT2D eigenvalue weighted by molar-refractivity contribution is 7.09. The standard InChI is InChI=1S/C17H17NO2S.ClH/c1-3-16(19-9-1)12-18-11-14-5-7-15(8-6-14)20-13-17-4-2-10-21-17;/h1-10,18H,11-13H2;1H. The Morgan fingerprint density at radius 2 is 1.86 bits per heavy atom. The first kappa shape index (κ1) is 16.6. The summed E-state index contributed by atoms with van der Waals surface area (Å²) in [6, 6.07) is 16.2. The van der Waals surface area contributed by atoms with Crippen LogP contribution >= 0.6 is 23.7 Å². The molecule has 0 bridgehead atoms. The third-order valence-corrected chi connectivity index (χ3v) is 3.94. The summed E-state index contributed by atoms with van der Waals surface area (Å²) in [6.45, 7) is 2.18. The predicted molar refractivity (Wildman–Crippen MR) is 91.6 cm³/mol. The van der Waals surface area contributed by atoms with Crippen LogP contribution in [0.5, 0.6) is 5.75 Å². The molecule has 2 heterocycles. The Hall–Kier alpha value is -1.75. The lowest BCUT2D eigenvalue weighted by Gasteiger charge is -2.07. The van der Waals surface area contributed by atoms with E-state index in [-0.39, 0.29) is 12.4 Å². The molecule has 0 spiro atoms. The Morgan fingerprint density at radius 1 is 1.00 bits per heavy atom. The third kappa shape index (κ3) is 4.91. The maximum atomic E-state index is 5.74. The van der Waals surface area contributed by atoms with Crippen molar-refractivity contribution in [2.75, 3.05) is 0 Å². The Bertz CT molecular complexity index is 636. The molecule has 3 rings (SSSR count). The van der Waals surface area contributed by atoms with Gasteiger partial charge < -0.3 is 14.5 Å². The highest BCUT2D eigenvalue weighted by Gasteiger charge is 1.99. The molecule has 22 heavy (non-hydrogen) atoms. The van der Waals surface area contributed by atoms with Crippen molar-refractivity contribution < 1.29 is 9.15 Å². The lowest BCUT2D eigenvalue weighted by atomic mass is 10.2. The second-order valence-corrected chi connectivity index (χ2v) is 5.73. The van der Waals surface area contributed by atoms with Crippen LogP contribution in [0.3, 0.4) is 0 Å². The van der Waals surface area contributed by atoms with Gasteiger partial charge in [-0.1, -0.05) is 18.2 Å². The number of nitrogens with one attached hydrogen (secondary N) is 1. The minimum Gasteiger partial charge on any atom is -0.488 e. The number of thiophene rings is 1. The molecule has 1 aromatic carbocycles. The van der Waals surface area contributed by atoms with Crippen molar-refractivity contribution >= 4 is 23.7 Å². The first-order valence-corrected chi connectivity index (χ1v) is 7.75. The van der Waals surface area contributed by atoms with Gasteiger partial charge in [-0.15, -0.1) is 23.7 Å². The number of hydrogen-bond donors (Lipinski definition) is 1. The summed E-state index contributed by atoms with van der Waals surface area (Å²) in [5.41, 5.74) is 1.23. The van der Waals surface area contributed by atoms with Crippen LogP contribution < -0.4 is 10.1 Å². The Labute approximate surface area is 140 Å². The van der Waals surface area contributed by atoms with E-state index < -0.39 is 0 Å². The second kappa shape index (κ2) is 8.63. The Morgan fingerprint density at radius 3 is 2.55 bits per heavy atom. The van der Waals surface area contributed by atoms with E-state index >= 15 is 0 Å². The van der Waals surface area contributed by atoms with Gasteiger partial charge in [0.2, 0.25) is 0 Å². The highest BCUT2D eigenvalue weighted by atomic mass is 35.5. The van der Waals surface area contributed by atoms with Crippen molar-refractivity contribution in [1.82, 2.24) is 5.32 Å². The molecule has 1 N–H and O–H groups in total. The Kier molecular flexibility index (Phi) is 6.52. The summed E-state index contributed by atoms with van der Waals surface area (Å²) in [5, 5.41) is 5.41. The molecule has 116 valence electrons. The van der Waals surface area contributed by atoms with Crippen molar-refractivity contribution in [2.24, 2.45) is 0 Å². The largest absolute Gasteiger partial charge is 0.488 e. The summed E-state index contributed by atoms with van der Waals surface area (Å²) < 4.78 is 11.0. The molecule has 2 aromatic heterocycles. The molecule has 3 aromatic rings.